The van der Waals surface area contributed by atoms with Gasteiger partial charge in [0, 0.05) is 32.8 Å². The Bertz CT molecular complexity index is 2460. The van der Waals surface area contributed by atoms with Gasteiger partial charge in [-0.3, -0.25) is 0 Å². The second-order valence-electron chi connectivity index (χ2n) is 11.3. The van der Waals surface area contributed by atoms with Crippen molar-refractivity contribution >= 4 is 43.5 Å². The Kier molecular flexibility index (Phi) is 5.78. The zero-order valence-electron chi connectivity index (χ0n) is 24.2. The molecule has 9 rings (SSSR count). The minimum atomic E-state index is 0.642. The molecule has 0 aliphatic rings. The van der Waals surface area contributed by atoms with Gasteiger partial charge in [-0.05, 0) is 45.5 Å². The van der Waals surface area contributed by atoms with E-state index in [1.165, 1.54) is 21.5 Å². The highest BCUT2D eigenvalue weighted by Gasteiger charge is 2.15. The van der Waals surface area contributed by atoms with Crippen molar-refractivity contribution in [2.75, 3.05) is 0 Å². The van der Waals surface area contributed by atoms with Crippen LogP contribution in [-0.4, -0.2) is 15.0 Å². The lowest BCUT2D eigenvalue weighted by atomic mass is 9.96. The van der Waals surface area contributed by atoms with Crippen molar-refractivity contribution < 1.29 is 4.42 Å². The van der Waals surface area contributed by atoms with Crippen molar-refractivity contribution in [2.24, 2.45) is 0 Å². The molecule has 4 heteroatoms. The summed E-state index contributed by atoms with van der Waals surface area (Å²) in [7, 11) is 0. The summed E-state index contributed by atoms with van der Waals surface area (Å²) in [5, 5.41) is 7.18. The van der Waals surface area contributed by atoms with E-state index in [9.17, 15) is 0 Å². The molecule has 0 atom stereocenters. The van der Waals surface area contributed by atoms with Crippen LogP contribution in [0.4, 0.5) is 0 Å². The highest BCUT2D eigenvalue weighted by Crippen LogP contribution is 2.40. The number of hydrogen-bond acceptors (Lipinski definition) is 4. The zero-order chi connectivity index (χ0) is 29.7. The minimum Gasteiger partial charge on any atom is -0.456 e. The van der Waals surface area contributed by atoms with E-state index in [0.717, 1.165) is 49.8 Å². The summed E-state index contributed by atoms with van der Waals surface area (Å²) < 4.78 is 6.35. The van der Waals surface area contributed by atoms with E-state index in [1.54, 1.807) is 0 Å². The van der Waals surface area contributed by atoms with Gasteiger partial charge in [0.15, 0.2) is 17.5 Å². The molecule has 0 bridgehead atoms. The van der Waals surface area contributed by atoms with E-state index in [0.29, 0.717) is 17.5 Å². The number of rotatable bonds is 4. The summed E-state index contributed by atoms with van der Waals surface area (Å²) in [6, 6.07) is 52.2. The molecule has 0 spiro atoms. The van der Waals surface area contributed by atoms with E-state index in [-0.39, 0.29) is 0 Å². The predicted molar refractivity (Wildman–Crippen MR) is 184 cm³/mol. The molecule has 0 saturated carbocycles. The summed E-state index contributed by atoms with van der Waals surface area (Å²) >= 11 is 0. The Morgan fingerprint density at radius 3 is 1.53 bits per heavy atom. The van der Waals surface area contributed by atoms with E-state index < -0.39 is 0 Å². The third-order valence-corrected chi connectivity index (χ3v) is 8.52. The van der Waals surface area contributed by atoms with Crippen LogP contribution in [-0.2, 0) is 0 Å². The van der Waals surface area contributed by atoms with E-state index in [1.807, 2.05) is 60.7 Å². The number of nitrogens with zero attached hydrogens (tertiary/aromatic N) is 3. The van der Waals surface area contributed by atoms with Crippen LogP contribution < -0.4 is 0 Å². The Morgan fingerprint density at radius 1 is 0.333 bits per heavy atom. The Morgan fingerprint density at radius 2 is 0.844 bits per heavy atom. The molecule has 0 radical (unpaired) electrons. The Hall–Kier alpha value is -6.13. The first-order valence-corrected chi connectivity index (χ1v) is 15.0. The van der Waals surface area contributed by atoms with Crippen LogP contribution in [0, 0.1) is 0 Å². The summed E-state index contributed by atoms with van der Waals surface area (Å²) in [6.45, 7) is 0. The topological polar surface area (TPSA) is 51.8 Å². The summed E-state index contributed by atoms with van der Waals surface area (Å²) in [6.07, 6.45) is 0. The molecule has 0 amide bonds. The molecule has 0 fully saturated rings. The van der Waals surface area contributed by atoms with Gasteiger partial charge in [0.25, 0.3) is 0 Å². The van der Waals surface area contributed by atoms with Gasteiger partial charge in [0.05, 0.1) is 0 Å². The van der Waals surface area contributed by atoms with Gasteiger partial charge in [-0.15, -0.1) is 0 Å². The molecule has 0 aliphatic heterocycles. The second kappa shape index (κ2) is 10.2. The minimum absolute atomic E-state index is 0.642. The van der Waals surface area contributed by atoms with Crippen LogP contribution in [0.5, 0.6) is 0 Å². The molecule has 0 unspecified atom stereocenters. The number of hydrogen-bond donors (Lipinski definition) is 0. The highest BCUT2D eigenvalue weighted by molar-refractivity contribution is 6.26. The molecule has 4 nitrogen and oxygen atoms in total. The number of furan rings is 1. The first-order valence-electron chi connectivity index (χ1n) is 15.0. The maximum atomic E-state index is 6.35. The normalized spacial score (nSPS) is 11.6. The lowest BCUT2D eigenvalue weighted by Gasteiger charge is -2.09. The Balaban J connectivity index is 1.16. The van der Waals surface area contributed by atoms with Crippen molar-refractivity contribution in [3.8, 4) is 45.3 Å². The zero-order valence-corrected chi connectivity index (χ0v) is 24.2. The molecule has 0 N–H and O–H groups in total. The summed E-state index contributed by atoms with van der Waals surface area (Å²) in [5.74, 6) is 1.95. The van der Waals surface area contributed by atoms with Crippen molar-refractivity contribution in [1.29, 1.82) is 0 Å². The molecule has 210 valence electrons. The fraction of sp³-hybridized carbons (Fsp3) is 0. The standard InChI is InChI=1S/C41H25N3O/c1-3-10-29(11-4-1)39-42-40(30-12-5-2-6-13-30)44-41(43-39)31-19-15-26(16-20-31)32-22-23-35-34(25-32)38-36(45-35)24-21-28-18-17-27-9-7-8-14-33(27)37(28)38/h1-25H. The largest absolute Gasteiger partial charge is 0.456 e. The maximum absolute atomic E-state index is 6.35. The van der Waals surface area contributed by atoms with E-state index in [2.05, 4.69) is 91.0 Å². The third kappa shape index (κ3) is 4.35. The van der Waals surface area contributed by atoms with Crippen LogP contribution in [0.1, 0.15) is 0 Å². The molecule has 9 aromatic rings. The second-order valence-corrected chi connectivity index (χ2v) is 11.3. The molecule has 0 aliphatic carbocycles. The van der Waals surface area contributed by atoms with Crippen LogP contribution in [0.3, 0.4) is 0 Å². The van der Waals surface area contributed by atoms with E-state index in [4.69, 9.17) is 19.4 Å². The number of benzene rings is 7. The smallest absolute Gasteiger partial charge is 0.164 e. The van der Waals surface area contributed by atoms with Crippen molar-refractivity contribution in [2.45, 2.75) is 0 Å². The molecular weight excluding hydrogens is 550 g/mol. The highest BCUT2D eigenvalue weighted by atomic mass is 16.3. The first-order chi connectivity index (χ1) is 22.3. The van der Waals surface area contributed by atoms with Crippen molar-refractivity contribution in [3.05, 3.63) is 152 Å². The summed E-state index contributed by atoms with van der Waals surface area (Å²) in [4.78, 5) is 14.6. The maximum Gasteiger partial charge on any atom is 0.164 e. The molecule has 45 heavy (non-hydrogen) atoms. The van der Waals surface area contributed by atoms with Gasteiger partial charge in [-0.1, -0.05) is 133 Å². The van der Waals surface area contributed by atoms with Crippen LogP contribution in [0.25, 0.3) is 88.8 Å². The molecular formula is C41H25N3O. The fourth-order valence-electron chi connectivity index (χ4n) is 6.29. The molecule has 0 saturated heterocycles. The molecule has 7 aromatic carbocycles. The van der Waals surface area contributed by atoms with Gasteiger partial charge in [-0.25, -0.2) is 15.0 Å². The monoisotopic (exact) mass is 575 g/mol. The lowest BCUT2D eigenvalue weighted by Crippen LogP contribution is -2.00. The number of aromatic nitrogens is 3. The van der Waals surface area contributed by atoms with Crippen molar-refractivity contribution in [1.82, 2.24) is 15.0 Å². The van der Waals surface area contributed by atoms with Gasteiger partial charge in [0.1, 0.15) is 11.2 Å². The SMILES string of the molecule is c1ccc(-c2nc(-c3ccccc3)nc(-c3ccc(-c4ccc5oc6ccc7ccc8ccccc8c7c6c5c4)cc3)n2)cc1. The fourth-order valence-corrected chi connectivity index (χ4v) is 6.29. The average molecular weight is 576 g/mol. The molecule has 2 aromatic heterocycles. The first kappa shape index (κ1) is 25.4. The van der Waals surface area contributed by atoms with Crippen LogP contribution in [0.2, 0.25) is 0 Å². The molecule has 2 heterocycles. The lowest BCUT2D eigenvalue weighted by molar-refractivity contribution is 0.669. The quantitative estimate of drug-likeness (QED) is 0.196. The van der Waals surface area contributed by atoms with E-state index >= 15 is 0 Å². The van der Waals surface area contributed by atoms with Crippen molar-refractivity contribution in [3.63, 3.8) is 0 Å². The van der Waals surface area contributed by atoms with Crippen LogP contribution in [0.15, 0.2) is 156 Å². The van der Waals surface area contributed by atoms with Crippen LogP contribution >= 0.6 is 0 Å². The van der Waals surface area contributed by atoms with Gasteiger partial charge in [0.2, 0.25) is 0 Å². The average Bonchev–Trinajstić information content (AvgIpc) is 3.50. The summed E-state index contributed by atoms with van der Waals surface area (Å²) in [5.41, 5.74) is 6.87. The Labute approximate surface area is 259 Å². The number of fused-ring (bicyclic) bond motifs is 7. The predicted octanol–water partition coefficient (Wildman–Crippen LogP) is 10.7. The van der Waals surface area contributed by atoms with Gasteiger partial charge in [-0.2, -0.15) is 0 Å². The van der Waals surface area contributed by atoms with Gasteiger partial charge >= 0.3 is 0 Å². The third-order valence-electron chi connectivity index (χ3n) is 8.52. The van der Waals surface area contributed by atoms with Gasteiger partial charge < -0.3 is 4.42 Å².